The SMILES string of the molecule is CCc1ccc([C@@H]2C(C(=O)Nc3ccc(C)cc3C)=C(C)Nc3nc(SCc4ccc(Cl)cc4)nn32)cc1. The van der Waals surface area contributed by atoms with Crippen LogP contribution in [0.15, 0.2) is 83.2 Å². The molecule has 1 amide bonds. The van der Waals surface area contributed by atoms with Gasteiger partial charge in [-0.25, -0.2) is 4.68 Å². The predicted molar refractivity (Wildman–Crippen MR) is 156 cm³/mol. The second kappa shape index (κ2) is 11.1. The highest BCUT2D eigenvalue weighted by Crippen LogP contribution is 2.37. The Balaban J connectivity index is 1.49. The van der Waals surface area contributed by atoms with Crippen molar-refractivity contribution < 1.29 is 4.79 Å². The van der Waals surface area contributed by atoms with Crippen LogP contribution in [-0.2, 0) is 17.0 Å². The first-order valence-electron chi connectivity index (χ1n) is 12.6. The van der Waals surface area contributed by atoms with Gasteiger partial charge in [0.25, 0.3) is 5.91 Å². The normalized spacial score (nSPS) is 14.7. The second-order valence-corrected chi connectivity index (χ2v) is 10.9. The van der Waals surface area contributed by atoms with Crippen LogP contribution in [0.2, 0.25) is 5.02 Å². The Morgan fingerprint density at radius 2 is 1.74 bits per heavy atom. The van der Waals surface area contributed by atoms with Gasteiger partial charge in [0.2, 0.25) is 11.1 Å². The van der Waals surface area contributed by atoms with Crippen molar-refractivity contribution in [2.75, 3.05) is 10.6 Å². The van der Waals surface area contributed by atoms with E-state index in [-0.39, 0.29) is 5.91 Å². The molecule has 194 valence electrons. The van der Waals surface area contributed by atoms with E-state index >= 15 is 0 Å². The van der Waals surface area contributed by atoms with Crippen molar-refractivity contribution in [3.8, 4) is 0 Å². The largest absolute Gasteiger partial charge is 0.328 e. The van der Waals surface area contributed by atoms with Gasteiger partial charge >= 0.3 is 0 Å². The van der Waals surface area contributed by atoms with Crippen molar-refractivity contribution in [3.63, 3.8) is 0 Å². The maximum atomic E-state index is 13.8. The van der Waals surface area contributed by atoms with Crippen LogP contribution in [0, 0.1) is 13.8 Å². The number of anilines is 2. The number of benzene rings is 3. The summed E-state index contributed by atoms with van der Waals surface area (Å²) in [7, 11) is 0. The number of halogens is 1. The summed E-state index contributed by atoms with van der Waals surface area (Å²) in [5.41, 5.74) is 7.69. The highest BCUT2D eigenvalue weighted by Gasteiger charge is 2.34. The van der Waals surface area contributed by atoms with Gasteiger partial charge in [-0.1, -0.05) is 84.4 Å². The van der Waals surface area contributed by atoms with Crippen molar-refractivity contribution in [2.45, 2.75) is 51.1 Å². The van der Waals surface area contributed by atoms with Crippen molar-refractivity contribution >= 4 is 40.9 Å². The van der Waals surface area contributed by atoms with E-state index in [2.05, 4.69) is 47.9 Å². The average molecular weight is 544 g/mol. The van der Waals surface area contributed by atoms with E-state index in [4.69, 9.17) is 21.7 Å². The molecule has 0 saturated heterocycles. The number of aromatic nitrogens is 3. The predicted octanol–water partition coefficient (Wildman–Crippen LogP) is 7.33. The maximum Gasteiger partial charge on any atom is 0.255 e. The Kier molecular flexibility index (Phi) is 7.58. The van der Waals surface area contributed by atoms with E-state index in [1.54, 1.807) is 11.8 Å². The van der Waals surface area contributed by atoms with Crippen LogP contribution >= 0.6 is 23.4 Å². The molecule has 0 aliphatic carbocycles. The molecule has 4 aromatic rings. The molecule has 1 aromatic heterocycles. The van der Waals surface area contributed by atoms with Crippen molar-refractivity contribution in [1.29, 1.82) is 0 Å². The number of fused-ring (bicyclic) bond motifs is 1. The number of carbonyl (C=O) groups is 1. The number of hydrogen-bond acceptors (Lipinski definition) is 5. The monoisotopic (exact) mass is 543 g/mol. The summed E-state index contributed by atoms with van der Waals surface area (Å²) in [5.74, 6) is 1.17. The number of allylic oxidation sites excluding steroid dienone is 1. The minimum Gasteiger partial charge on any atom is -0.328 e. The van der Waals surface area contributed by atoms with Crippen LogP contribution in [0.5, 0.6) is 0 Å². The van der Waals surface area contributed by atoms with Gasteiger partial charge in [0.05, 0.1) is 5.57 Å². The molecule has 1 aliphatic rings. The van der Waals surface area contributed by atoms with Crippen LogP contribution in [0.3, 0.4) is 0 Å². The first-order valence-corrected chi connectivity index (χ1v) is 14.0. The second-order valence-electron chi connectivity index (χ2n) is 9.51. The van der Waals surface area contributed by atoms with Gasteiger partial charge in [-0.15, -0.1) is 5.10 Å². The van der Waals surface area contributed by atoms with Crippen molar-refractivity contribution in [3.05, 3.63) is 111 Å². The van der Waals surface area contributed by atoms with Crippen LogP contribution in [-0.4, -0.2) is 20.7 Å². The molecule has 2 heterocycles. The summed E-state index contributed by atoms with van der Waals surface area (Å²) < 4.78 is 1.83. The Hall–Kier alpha value is -3.55. The molecule has 0 bridgehead atoms. The molecule has 3 aromatic carbocycles. The summed E-state index contributed by atoms with van der Waals surface area (Å²) in [4.78, 5) is 18.5. The number of nitrogens with one attached hydrogen (secondary N) is 2. The quantitative estimate of drug-likeness (QED) is 0.239. The molecule has 1 atom stereocenters. The number of amides is 1. The van der Waals surface area contributed by atoms with Gasteiger partial charge in [0.1, 0.15) is 6.04 Å². The topological polar surface area (TPSA) is 71.8 Å². The summed E-state index contributed by atoms with van der Waals surface area (Å²) in [6.45, 7) is 8.10. The summed E-state index contributed by atoms with van der Waals surface area (Å²) in [6.07, 6.45) is 0.946. The van der Waals surface area contributed by atoms with Gasteiger partial charge in [0, 0.05) is 22.2 Å². The molecule has 6 nitrogen and oxygen atoms in total. The number of rotatable bonds is 7. The number of hydrogen-bond donors (Lipinski definition) is 2. The highest BCUT2D eigenvalue weighted by atomic mass is 35.5. The Morgan fingerprint density at radius 1 is 1.03 bits per heavy atom. The van der Waals surface area contributed by atoms with Crippen LogP contribution < -0.4 is 10.6 Å². The molecular formula is C30H30ClN5OS. The third kappa shape index (κ3) is 5.49. The minimum absolute atomic E-state index is 0.164. The molecule has 0 saturated carbocycles. The average Bonchev–Trinajstić information content (AvgIpc) is 3.31. The molecule has 0 spiro atoms. The molecule has 38 heavy (non-hydrogen) atoms. The molecule has 0 fully saturated rings. The molecule has 5 rings (SSSR count). The van der Waals surface area contributed by atoms with Gasteiger partial charge in [0.15, 0.2) is 0 Å². The molecule has 0 unspecified atom stereocenters. The lowest BCUT2D eigenvalue weighted by atomic mass is 9.94. The zero-order valence-electron chi connectivity index (χ0n) is 21.9. The summed E-state index contributed by atoms with van der Waals surface area (Å²) in [5, 5.41) is 12.7. The zero-order chi connectivity index (χ0) is 26.8. The van der Waals surface area contributed by atoms with E-state index < -0.39 is 6.04 Å². The lowest BCUT2D eigenvalue weighted by Crippen LogP contribution is -2.31. The fourth-order valence-electron chi connectivity index (χ4n) is 4.60. The smallest absolute Gasteiger partial charge is 0.255 e. The van der Waals surface area contributed by atoms with E-state index in [0.29, 0.717) is 27.5 Å². The third-order valence-corrected chi connectivity index (χ3v) is 7.85. The zero-order valence-corrected chi connectivity index (χ0v) is 23.5. The Bertz CT molecular complexity index is 1510. The molecule has 1 aliphatic heterocycles. The minimum atomic E-state index is -0.416. The van der Waals surface area contributed by atoms with Crippen molar-refractivity contribution in [1.82, 2.24) is 14.8 Å². The number of aryl methyl sites for hydroxylation is 3. The lowest BCUT2D eigenvalue weighted by Gasteiger charge is -2.29. The summed E-state index contributed by atoms with van der Waals surface area (Å²) >= 11 is 7.58. The third-order valence-electron chi connectivity index (χ3n) is 6.69. The Morgan fingerprint density at radius 3 is 2.42 bits per heavy atom. The lowest BCUT2D eigenvalue weighted by molar-refractivity contribution is -0.113. The van der Waals surface area contributed by atoms with Gasteiger partial charge in [-0.2, -0.15) is 4.98 Å². The van der Waals surface area contributed by atoms with E-state index in [9.17, 15) is 4.79 Å². The van der Waals surface area contributed by atoms with Gasteiger partial charge < -0.3 is 10.6 Å². The van der Waals surface area contributed by atoms with Gasteiger partial charge in [-0.05, 0) is 67.6 Å². The molecule has 2 N–H and O–H groups in total. The van der Waals surface area contributed by atoms with E-state index in [1.807, 2.05) is 61.9 Å². The summed E-state index contributed by atoms with van der Waals surface area (Å²) in [6, 6.07) is 21.8. The molecule has 8 heteroatoms. The fraction of sp³-hybridized carbons (Fsp3) is 0.233. The van der Waals surface area contributed by atoms with E-state index in [1.165, 1.54) is 5.56 Å². The molecular weight excluding hydrogens is 514 g/mol. The first-order chi connectivity index (χ1) is 18.3. The molecule has 0 radical (unpaired) electrons. The standard InChI is InChI=1S/C30H30ClN5OS/c1-5-21-7-11-23(12-8-21)27-26(28(37)33-25-15-6-18(2)16-19(25)3)20(4)32-29-34-30(35-36(27)29)38-17-22-9-13-24(31)14-10-22/h6-16,27H,5,17H2,1-4H3,(H,33,37)(H,32,34,35)/t27-/m1/s1. The highest BCUT2D eigenvalue weighted by molar-refractivity contribution is 7.98. The van der Waals surface area contributed by atoms with Crippen LogP contribution in [0.25, 0.3) is 0 Å². The van der Waals surface area contributed by atoms with Gasteiger partial charge in [-0.3, -0.25) is 4.79 Å². The van der Waals surface area contributed by atoms with Crippen LogP contribution in [0.4, 0.5) is 11.6 Å². The first kappa shape index (κ1) is 26.1. The fourth-order valence-corrected chi connectivity index (χ4v) is 5.51. The Labute approximate surface area is 232 Å². The number of nitrogens with zero attached hydrogens (tertiary/aromatic N) is 3. The number of carbonyl (C=O) groups excluding carboxylic acids is 1. The maximum absolute atomic E-state index is 13.8. The van der Waals surface area contributed by atoms with Crippen LogP contribution in [0.1, 0.15) is 47.7 Å². The van der Waals surface area contributed by atoms with Crippen molar-refractivity contribution in [2.24, 2.45) is 0 Å². The van der Waals surface area contributed by atoms with E-state index in [0.717, 1.165) is 40.1 Å². The number of thioether (sulfide) groups is 1.